The molecule has 0 aliphatic carbocycles. The highest BCUT2D eigenvalue weighted by Gasteiger charge is 2.43. The van der Waals surface area contributed by atoms with Gasteiger partial charge in [0.05, 0.1) is 50.0 Å². The Labute approximate surface area is 355 Å². The van der Waals surface area contributed by atoms with Gasteiger partial charge in [-0.2, -0.15) is 0 Å². The Morgan fingerprint density at radius 2 is 1.64 bits per heavy atom. The van der Waals surface area contributed by atoms with Crippen molar-refractivity contribution in [3.8, 4) is 28.1 Å². The van der Waals surface area contributed by atoms with E-state index in [0.717, 1.165) is 80.7 Å². The van der Waals surface area contributed by atoms with Crippen LogP contribution in [0.2, 0.25) is 0 Å². The zero-order chi connectivity index (χ0) is 43.3. The summed E-state index contributed by atoms with van der Waals surface area (Å²) in [4.78, 5) is 69.2. The van der Waals surface area contributed by atoms with Crippen LogP contribution in [0.5, 0.6) is 5.75 Å². The van der Waals surface area contributed by atoms with Gasteiger partial charge < -0.3 is 44.4 Å². The number of aliphatic imine (C=N–C) groups is 1. The molecule has 4 aromatic rings. The van der Waals surface area contributed by atoms with Crippen LogP contribution in [0.1, 0.15) is 76.9 Å². The predicted molar refractivity (Wildman–Crippen MR) is 230 cm³/mol. The van der Waals surface area contributed by atoms with Crippen molar-refractivity contribution in [2.75, 3.05) is 27.9 Å². The molecule has 5 heterocycles. The summed E-state index contributed by atoms with van der Waals surface area (Å²) >= 11 is 0. The number of nitrogens with one attached hydrogen (secondary N) is 3. The van der Waals surface area contributed by atoms with Gasteiger partial charge in [-0.1, -0.05) is 39.0 Å². The number of aromatic nitrogens is 2. The molecule has 0 spiro atoms. The lowest BCUT2D eigenvalue weighted by molar-refractivity contribution is -0.137. The number of carbonyl (C=O) groups is 4. The molecule has 1 aromatic heterocycles. The number of H-pyrrole nitrogens is 1. The molecule has 3 N–H and O–H groups in total. The summed E-state index contributed by atoms with van der Waals surface area (Å²) in [6.45, 7) is 10.7. The van der Waals surface area contributed by atoms with E-state index >= 15 is 0 Å². The number of nitrogens with zero attached hydrogens (tertiary/aromatic N) is 4. The number of benzene rings is 3. The first-order valence-electron chi connectivity index (χ1n) is 21.1. The van der Waals surface area contributed by atoms with E-state index in [-0.39, 0.29) is 41.8 Å². The summed E-state index contributed by atoms with van der Waals surface area (Å²) in [6.07, 6.45) is 2.88. The molecule has 8 rings (SSSR count). The van der Waals surface area contributed by atoms with E-state index in [0.29, 0.717) is 25.4 Å². The van der Waals surface area contributed by atoms with Crippen LogP contribution in [0, 0.1) is 11.8 Å². The van der Waals surface area contributed by atoms with Gasteiger partial charge in [-0.3, -0.25) is 14.6 Å². The summed E-state index contributed by atoms with van der Waals surface area (Å²) in [5.41, 5.74) is 7.88. The summed E-state index contributed by atoms with van der Waals surface area (Å²) in [7, 11) is 4.08. The number of hydrogen-bond donors (Lipinski definition) is 3. The number of imidazole rings is 1. The van der Waals surface area contributed by atoms with Gasteiger partial charge in [-0.15, -0.1) is 0 Å². The first-order chi connectivity index (χ1) is 29.3. The third-order valence-corrected chi connectivity index (χ3v) is 12.9. The Kier molecular flexibility index (Phi) is 11.5. The average molecular weight is 834 g/mol. The van der Waals surface area contributed by atoms with Gasteiger partial charge in [0.2, 0.25) is 11.8 Å². The second-order valence-electron chi connectivity index (χ2n) is 17.2. The van der Waals surface area contributed by atoms with Gasteiger partial charge in [0.15, 0.2) is 0 Å². The summed E-state index contributed by atoms with van der Waals surface area (Å²) in [5.74, 6) is 1.27. The zero-order valence-electron chi connectivity index (χ0n) is 36.0. The minimum absolute atomic E-state index is 0.0156. The van der Waals surface area contributed by atoms with Crippen LogP contribution in [-0.4, -0.2) is 108 Å². The standard InChI is InChI=1S/C46H55N7O8/c1-23(2)40(50-45(56)59-7)44(55)53-25(4)9-14-37(53)42-47-20-36(49-42)28-10-12-30-29(16-28)22-61-39-19-31-27(17-33(30)39)11-13-34-32(31)18-35(48-34)38-15-24(3)21-52(38)43(54)41(26(5)58-6)51-46(57)60-8/h10-13,16-17,19-20,23-26,37-38,40-41H,9,14-15,18,21-22H2,1-8H3,(H,47,49)(H,50,56)(H,51,57)/t24-,25-,26+,37-,38-,40-,41-/m0/s1. The molecule has 15 nitrogen and oxygen atoms in total. The second kappa shape index (κ2) is 16.8. The third kappa shape index (κ3) is 7.79. The van der Waals surface area contributed by atoms with Gasteiger partial charge in [0.25, 0.3) is 0 Å². The SMILES string of the molecule is COC(=O)N[C@H](C(=O)N1[C@@H](C)CC[C@H]1c1ncc(-c2ccc3c(c2)COc2cc4c5c(ccc4cc2-3)N=C([C@@H]2C[C@H](C)CN2C(=O)[C@@H](NC(=O)OC)[C@@H](C)OC)C5)[nH]1)C(C)C. The third-order valence-electron chi connectivity index (χ3n) is 12.9. The Morgan fingerprint density at radius 3 is 2.36 bits per heavy atom. The van der Waals surface area contributed by atoms with Gasteiger partial charge in [0, 0.05) is 37.4 Å². The van der Waals surface area contributed by atoms with Crippen molar-refractivity contribution >= 4 is 46.2 Å². The minimum atomic E-state index is -0.902. The lowest BCUT2D eigenvalue weighted by Crippen LogP contribution is -2.56. The number of ether oxygens (including phenoxy) is 4. The summed E-state index contributed by atoms with van der Waals surface area (Å²) < 4.78 is 21.6. The number of hydrogen-bond acceptors (Lipinski definition) is 10. The summed E-state index contributed by atoms with van der Waals surface area (Å²) in [5, 5.41) is 7.54. The van der Waals surface area contributed by atoms with Crippen LogP contribution < -0.4 is 15.4 Å². The topological polar surface area (TPSA) is 177 Å². The van der Waals surface area contributed by atoms with Crippen LogP contribution in [0.3, 0.4) is 0 Å². The molecule has 322 valence electrons. The van der Waals surface area contributed by atoms with Crippen molar-refractivity contribution < 1.29 is 38.1 Å². The normalized spacial score (nSPS) is 21.8. The van der Waals surface area contributed by atoms with Gasteiger partial charge >= 0.3 is 12.2 Å². The maximum Gasteiger partial charge on any atom is 0.407 e. The van der Waals surface area contributed by atoms with Crippen molar-refractivity contribution in [3.05, 3.63) is 65.6 Å². The summed E-state index contributed by atoms with van der Waals surface area (Å²) in [6, 6.07) is 12.7. The molecule has 7 atom stereocenters. The molecule has 0 saturated carbocycles. The maximum absolute atomic E-state index is 14.0. The molecule has 4 amide bonds. The predicted octanol–water partition coefficient (Wildman–Crippen LogP) is 6.85. The Bertz CT molecular complexity index is 2410. The Morgan fingerprint density at radius 1 is 0.885 bits per heavy atom. The molecule has 2 saturated heterocycles. The molecule has 4 aliphatic rings. The van der Waals surface area contributed by atoms with Crippen LogP contribution >= 0.6 is 0 Å². The van der Waals surface area contributed by atoms with Crippen molar-refractivity contribution in [3.63, 3.8) is 0 Å². The quantitative estimate of drug-likeness (QED) is 0.154. The van der Waals surface area contributed by atoms with Crippen LogP contribution in [0.4, 0.5) is 15.3 Å². The van der Waals surface area contributed by atoms with Crippen LogP contribution in [-0.2, 0) is 36.8 Å². The Balaban J connectivity index is 1.01. The van der Waals surface area contributed by atoms with Crippen molar-refractivity contribution in [1.29, 1.82) is 0 Å². The number of rotatable bonds is 10. The van der Waals surface area contributed by atoms with E-state index in [4.69, 9.17) is 28.9 Å². The molecular formula is C46H55N7O8. The number of aromatic amines is 1. The van der Waals surface area contributed by atoms with E-state index < -0.39 is 30.4 Å². The van der Waals surface area contributed by atoms with Gasteiger partial charge in [0.1, 0.15) is 30.3 Å². The van der Waals surface area contributed by atoms with Crippen LogP contribution in [0.25, 0.3) is 33.2 Å². The average Bonchev–Trinajstić information content (AvgIpc) is 4.08. The number of likely N-dealkylation sites (tertiary alicyclic amines) is 2. The smallest absolute Gasteiger partial charge is 0.407 e. The highest BCUT2D eigenvalue weighted by atomic mass is 16.5. The lowest BCUT2D eigenvalue weighted by atomic mass is 9.90. The van der Waals surface area contributed by atoms with Gasteiger partial charge in [-0.25, -0.2) is 14.6 Å². The fraction of sp³-hybridized carbons (Fsp3) is 0.478. The molecule has 0 radical (unpaired) electrons. The fourth-order valence-corrected chi connectivity index (χ4v) is 9.51. The van der Waals surface area contributed by atoms with Crippen LogP contribution in [0.15, 0.2) is 53.7 Å². The van der Waals surface area contributed by atoms with E-state index in [1.807, 2.05) is 36.8 Å². The first kappa shape index (κ1) is 41.8. The lowest BCUT2D eigenvalue weighted by Gasteiger charge is -2.32. The van der Waals surface area contributed by atoms with E-state index in [1.165, 1.54) is 21.3 Å². The maximum atomic E-state index is 14.0. The molecule has 2 fully saturated rings. The first-order valence-corrected chi connectivity index (χ1v) is 21.1. The molecule has 3 aromatic carbocycles. The highest BCUT2D eigenvalue weighted by Crippen LogP contribution is 2.45. The molecule has 0 bridgehead atoms. The monoisotopic (exact) mass is 833 g/mol. The number of fused-ring (bicyclic) bond motifs is 6. The van der Waals surface area contributed by atoms with E-state index in [2.05, 4.69) is 65.0 Å². The number of amides is 4. The fourth-order valence-electron chi connectivity index (χ4n) is 9.51. The van der Waals surface area contributed by atoms with Gasteiger partial charge in [-0.05, 0) is 102 Å². The van der Waals surface area contributed by atoms with E-state index in [9.17, 15) is 19.2 Å². The number of carbonyl (C=O) groups excluding carboxylic acids is 4. The second-order valence-corrected chi connectivity index (χ2v) is 17.2. The molecule has 4 aliphatic heterocycles. The zero-order valence-corrected chi connectivity index (χ0v) is 36.0. The largest absolute Gasteiger partial charge is 0.488 e. The molecule has 61 heavy (non-hydrogen) atoms. The number of alkyl carbamates (subject to hydrolysis) is 2. The molecule has 15 heteroatoms. The highest BCUT2D eigenvalue weighted by molar-refractivity contribution is 6.06. The van der Waals surface area contributed by atoms with Crippen molar-refractivity contribution in [2.45, 2.75) is 103 Å². The number of methoxy groups -OCH3 is 3. The minimum Gasteiger partial charge on any atom is -0.488 e. The van der Waals surface area contributed by atoms with Crippen molar-refractivity contribution in [1.82, 2.24) is 30.4 Å². The molecular weight excluding hydrogens is 779 g/mol. The molecule has 0 unspecified atom stereocenters. The van der Waals surface area contributed by atoms with E-state index in [1.54, 1.807) is 6.92 Å². The Hall–Kier alpha value is -5.96. The van der Waals surface area contributed by atoms with Crippen molar-refractivity contribution in [2.24, 2.45) is 16.8 Å².